The van der Waals surface area contributed by atoms with Crippen molar-refractivity contribution in [3.8, 4) is 0 Å². The molecule has 1 N–H and O–H groups in total. The van der Waals surface area contributed by atoms with Crippen molar-refractivity contribution in [2.24, 2.45) is 0 Å². The third-order valence-electron chi connectivity index (χ3n) is 6.24. The number of para-hydroxylation sites is 1. The Kier molecular flexibility index (Phi) is 8.75. The minimum atomic E-state index is -4.12. The third-order valence-corrected chi connectivity index (χ3v) is 9.96. The molecule has 196 valence electrons. The van der Waals surface area contributed by atoms with Gasteiger partial charge in [0.25, 0.3) is 0 Å². The molecule has 1 heterocycles. The molecule has 0 aliphatic carbocycles. The number of nitrogens with zero attached hydrogens (tertiary/aromatic N) is 2. The number of carbonyl (C=O) groups is 1. The Morgan fingerprint density at radius 1 is 0.730 bits per heavy atom. The van der Waals surface area contributed by atoms with Gasteiger partial charge < -0.3 is 5.32 Å². The minimum Gasteiger partial charge on any atom is -0.325 e. The van der Waals surface area contributed by atoms with Crippen LogP contribution in [0.4, 0.5) is 5.69 Å². The number of nitrogens with one attached hydrogen (secondary N) is 1. The zero-order valence-electron chi connectivity index (χ0n) is 20.5. The monoisotopic (exact) mass is 541 g/mol. The molecule has 0 bridgehead atoms. The van der Waals surface area contributed by atoms with Crippen molar-refractivity contribution in [2.75, 3.05) is 25.0 Å². The van der Waals surface area contributed by atoms with Crippen LogP contribution in [0.1, 0.15) is 31.2 Å². The molecule has 0 saturated carbocycles. The van der Waals surface area contributed by atoms with Crippen molar-refractivity contribution in [3.05, 3.63) is 90.5 Å². The fourth-order valence-corrected chi connectivity index (χ4v) is 7.16. The zero-order chi connectivity index (χ0) is 26.3. The van der Waals surface area contributed by atoms with E-state index in [1.807, 2.05) is 12.1 Å². The highest BCUT2D eigenvalue weighted by atomic mass is 32.2. The Labute approximate surface area is 219 Å². The van der Waals surface area contributed by atoms with Crippen LogP contribution in [0, 0.1) is 0 Å². The zero-order valence-corrected chi connectivity index (χ0v) is 22.1. The molecule has 0 spiro atoms. The third kappa shape index (κ3) is 6.84. The molecule has 3 aromatic carbocycles. The highest BCUT2D eigenvalue weighted by molar-refractivity contribution is 7.89. The summed E-state index contributed by atoms with van der Waals surface area (Å²) in [7, 11) is -7.82. The van der Waals surface area contributed by atoms with Gasteiger partial charge in [-0.05, 0) is 54.8 Å². The van der Waals surface area contributed by atoms with E-state index in [1.165, 1.54) is 28.6 Å². The smallest absolute Gasteiger partial charge is 0.243 e. The molecular weight excluding hydrogens is 510 g/mol. The number of rotatable bonds is 9. The molecule has 1 saturated heterocycles. The second-order valence-corrected chi connectivity index (χ2v) is 12.8. The fourth-order valence-electron chi connectivity index (χ4n) is 4.26. The molecule has 4 rings (SSSR count). The summed E-state index contributed by atoms with van der Waals surface area (Å²) >= 11 is 0. The van der Waals surface area contributed by atoms with Gasteiger partial charge >= 0.3 is 0 Å². The van der Waals surface area contributed by atoms with Crippen LogP contribution in [-0.2, 0) is 31.4 Å². The van der Waals surface area contributed by atoms with E-state index in [0.717, 1.165) is 35.6 Å². The number of carbonyl (C=O) groups excluding carboxylic acids is 1. The number of anilines is 1. The van der Waals surface area contributed by atoms with Gasteiger partial charge in [0.2, 0.25) is 26.0 Å². The van der Waals surface area contributed by atoms with Crippen molar-refractivity contribution in [2.45, 2.75) is 42.0 Å². The van der Waals surface area contributed by atoms with Crippen LogP contribution in [0.3, 0.4) is 0 Å². The molecule has 0 unspecified atom stereocenters. The lowest BCUT2D eigenvalue weighted by atomic mass is 10.2. The van der Waals surface area contributed by atoms with E-state index in [4.69, 9.17) is 0 Å². The molecule has 3 aromatic rings. The summed E-state index contributed by atoms with van der Waals surface area (Å²) in [5.41, 5.74) is 1.28. The quantitative estimate of drug-likeness (QED) is 0.440. The van der Waals surface area contributed by atoms with Crippen molar-refractivity contribution in [3.63, 3.8) is 0 Å². The van der Waals surface area contributed by atoms with Gasteiger partial charge in [-0.1, -0.05) is 61.4 Å². The van der Waals surface area contributed by atoms with Gasteiger partial charge in [-0.25, -0.2) is 16.8 Å². The highest BCUT2D eigenvalue weighted by Crippen LogP contribution is 2.24. The van der Waals surface area contributed by atoms with Crippen LogP contribution in [-0.4, -0.2) is 51.0 Å². The fraction of sp³-hybridized carbons (Fsp3) is 0.296. The molecular formula is C27H31N3O5S2. The van der Waals surface area contributed by atoms with Gasteiger partial charge in [0.05, 0.1) is 16.3 Å². The Bertz CT molecular complexity index is 1390. The van der Waals surface area contributed by atoms with Gasteiger partial charge in [-0.2, -0.15) is 8.61 Å². The van der Waals surface area contributed by atoms with E-state index in [-0.39, 0.29) is 16.3 Å². The lowest BCUT2D eigenvalue weighted by Gasteiger charge is -2.23. The summed E-state index contributed by atoms with van der Waals surface area (Å²) in [6.45, 7) is 0.507. The SMILES string of the molecule is O=C(CN(Cc1ccccc1)S(=O)(=O)c1ccc(S(=O)(=O)N2CCCCCC2)cc1)Nc1ccccc1. The standard InChI is InChI=1S/C27H31N3O5S2/c31-27(28-24-13-7-4-8-14-24)22-30(21-23-11-5-3-6-12-23)37(34,35)26-17-15-25(16-18-26)36(32,33)29-19-9-1-2-10-20-29/h3-8,11-18H,1-2,9-10,19-22H2,(H,28,31). The molecule has 0 radical (unpaired) electrons. The van der Waals surface area contributed by atoms with Crippen LogP contribution in [0.15, 0.2) is 94.7 Å². The summed E-state index contributed by atoms with van der Waals surface area (Å²) in [6, 6.07) is 23.1. The van der Waals surface area contributed by atoms with Gasteiger partial charge in [-0.3, -0.25) is 4.79 Å². The summed E-state index contributed by atoms with van der Waals surface area (Å²) in [5, 5.41) is 2.72. The molecule has 10 heteroatoms. The molecule has 1 fully saturated rings. The van der Waals surface area contributed by atoms with E-state index in [9.17, 15) is 21.6 Å². The van der Waals surface area contributed by atoms with Gasteiger partial charge in [0.1, 0.15) is 0 Å². The van der Waals surface area contributed by atoms with Crippen LogP contribution in [0.2, 0.25) is 0 Å². The van der Waals surface area contributed by atoms with Crippen molar-refractivity contribution >= 4 is 31.6 Å². The first-order valence-corrected chi connectivity index (χ1v) is 15.1. The molecule has 1 aliphatic heterocycles. The van der Waals surface area contributed by atoms with E-state index in [2.05, 4.69) is 5.32 Å². The first kappa shape index (κ1) is 27.0. The van der Waals surface area contributed by atoms with E-state index < -0.39 is 32.5 Å². The summed E-state index contributed by atoms with van der Waals surface area (Å²) < 4.78 is 56.0. The maximum absolute atomic E-state index is 13.6. The Hall–Kier alpha value is -3.05. The predicted molar refractivity (Wildman–Crippen MR) is 143 cm³/mol. The van der Waals surface area contributed by atoms with Crippen LogP contribution in [0.25, 0.3) is 0 Å². The lowest BCUT2D eigenvalue weighted by Crippen LogP contribution is -2.37. The Morgan fingerprint density at radius 3 is 1.86 bits per heavy atom. The second kappa shape index (κ2) is 12.0. The second-order valence-electron chi connectivity index (χ2n) is 8.96. The van der Waals surface area contributed by atoms with Crippen LogP contribution < -0.4 is 5.32 Å². The highest BCUT2D eigenvalue weighted by Gasteiger charge is 2.29. The molecule has 1 amide bonds. The summed E-state index contributed by atoms with van der Waals surface area (Å²) in [4.78, 5) is 12.8. The van der Waals surface area contributed by atoms with E-state index in [0.29, 0.717) is 18.8 Å². The maximum atomic E-state index is 13.6. The lowest BCUT2D eigenvalue weighted by molar-refractivity contribution is -0.116. The van der Waals surface area contributed by atoms with Crippen molar-refractivity contribution in [1.82, 2.24) is 8.61 Å². The average molecular weight is 542 g/mol. The normalized spacial score (nSPS) is 15.3. The first-order valence-electron chi connectivity index (χ1n) is 12.3. The molecule has 1 aliphatic rings. The number of benzene rings is 3. The summed E-state index contributed by atoms with van der Waals surface area (Å²) in [6.07, 6.45) is 3.62. The summed E-state index contributed by atoms with van der Waals surface area (Å²) in [5.74, 6) is -0.480. The molecule has 37 heavy (non-hydrogen) atoms. The van der Waals surface area contributed by atoms with E-state index >= 15 is 0 Å². The largest absolute Gasteiger partial charge is 0.325 e. The van der Waals surface area contributed by atoms with Crippen molar-refractivity contribution < 1.29 is 21.6 Å². The van der Waals surface area contributed by atoms with Gasteiger partial charge in [-0.15, -0.1) is 0 Å². The van der Waals surface area contributed by atoms with Crippen LogP contribution in [0.5, 0.6) is 0 Å². The minimum absolute atomic E-state index is 0.0147. The molecule has 0 atom stereocenters. The van der Waals surface area contributed by atoms with E-state index in [1.54, 1.807) is 48.5 Å². The van der Waals surface area contributed by atoms with Gasteiger partial charge in [0, 0.05) is 25.3 Å². The molecule has 8 nitrogen and oxygen atoms in total. The number of amides is 1. The first-order chi connectivity index (χ1) is 17.8. The Balaban J connectivity index is 1.58. The topological polar surface area (TPSA) is 104 Å². The van der Waals surface area contributed by atoms with Crippen LogP contribution >= 0.6 is 0 Å². The number of sulfonamides is 2. The number of hydrogen-bond donors (Lipinski definition) is 1. The van der Waals surface area contributed by atoms with Crippen molar-refractivity contribution in [1.29, 1.82) is 0 Å². The predicted octanol–water partition coefficient (Wildman–Crippen LogP) is 4.08. The number of hydrogen-bond acceptors (Lipinski definition) is 5. The van der Waals surface area contributed by atoms with Gasteiger partial charge in [0.15, 0.2) is 0 Å². The Morgan fingerprint density at radius 2 is 1.27 bits per heavy atom. The molecule has 0 aromatic heterocycles. The maximum Gasteiger partial charge on any atom is 0.243 e. The average Bonchev–Trinajstić information content (AvgIpc) is 3.20.